The molecule has 6 nitrogen and oxygen atoms in total. The summed E-state index contributed by atoms with van der Waals surface area (Å²) in [5.41, 5.74) is 5.77. The van der Waals surface area contributed by atoms with E-state index in [1.807, 2.05) is 98.5 Å². The predicted molar refractivity (Wildman–Crippen MR) is 170 cm³/mol. The quantitative estimate of drug-likeness (QED) is 0.223. The summed E-state index contributed by atoms with van der Waals surface area (Å²) in [6, 6.07) is 31.8. The van der Waals surface area contributed by atoms with Crippen molar-refractivity contribution in [2.24, 2.45) is 0 Å². The first-order valence-electron chi connectivity index (χ1n) is 14.1. The average molecular weight is 577 g/mol. The van der Waals surface area contributed by atoms with E-state index in [2.05, 4.69) is 29.2 Å². The standard InChI is InChI=1S/C35H33ClN4O2/c1-37(2)19-20-38(3)35(42)33-18-16-27-23-40(32-14-7-5-10-26(32)22-39(27)33)34(41)30-17-15-25(21-31(30)36)29-13-8-11-24-9-4-6-12-28(24)29/h4-18,21H,19-20,22-23H2,1-3H3. The first-order valence-corrected chi connectivity index (χ1v) is 14.5. The molecule has 0 N–H and O–H groups in total. The molecular formula is C35H33ClN4O2. The second-order valence-electron chi connectivity index (χ2n) is 11.1. The molecule has 0 bridgehead atoms. The molecule has 0 aliphatic carbocycles. The van der Waals surface area contributed by atoms with Crippen LogP contribution in [0.25, 0.3) is 21.9 Å². The number of halogens is 1. The lowest BCUT2D eigenvalue weighted by Crippen LogP contribution is -2.34. The van der Waals surface area contributed by atoms with Crippen LogP contribution in [-0.4, -0.2) is 60.4 Å². The molecule has 0 saturated heterocycles. The van der Waals surface area contributed by atoms with Crippen molar-refractivity contribution >= 4 is 39.9 Å². The zero-order chi connectivity index (χ0) is 29.4. The number of hydrogen-bond acceptors (Lipinski definition) is 3. The van der Waals surface area contributed by atoms with Gasteiger partial charge in [0.2, 0.25) is 0 Å². The van der Waals surface area contributed by atoms with E-state index in [1.165, 1.54) is 0 Å². The van der Waals surface area contributed by atoms with Gasteiger partial charge in [-0.15, -0.1) is 0 Å². The third-order valence-electron chi connectivity index (χ3n) is 8.00. The van der Waals surface area contributed by atoms with Crippen molar-refractivity contribution in [1.29, 1.82) is 0 Å². The smallest absolute Gasteiger partial charge is 0.270 e. The Balaban J connectivity index is 1.34. The monoisotopic (exact) mass is 576 g/mol. The number of para-hydroxylation sites is 1. The Labute approximate surface area is 251 Å². The number of anilines is 1. The third-order valence-corrected chi connectivity index (χ3v) is 8.31. The summed E-state index contributed by atoms with van der Waals surface area (Å²) in [7, 11) is 5.82. The Morgan fingerprint density at radius 1 is 0.810 bits per heavy atom. The van der Waals surface area contributed by atoms with E-state index in [-0.39, 0.29) is 11.8 Å². The van der Waals surface area contributed by atoms with Gasteiger partial charge in [-0.2, -0.15) is 0 Å². The van der Waals surface area contributed by atoms with Gasteiger partial charge in [0.25, 0.3) is 11.8 Å². The van der Waals surface area contributed by atoms with Crippen LogP contribution in [0.4, 0.5) is 5.69 Å². The SMILES string of the molecule is CN(C)CCN(C)C(=O)c1ccc2n1Cc1ccccc1N(C(=O)c1ccc(-c3cccc4ccccc34)cc1Cl)C2. The van der Waals surface area contributed by atoms with Gasteiger partial charge in [-0.3, -0.25) is 9.59 Å². The van der Waals surface area contributed by atoms with Crippen LogP contribution in [0.3, 0.4) is 0 Å². The van der Waals surface area contributed by atoms with Crippen molar-refractivity contribution in [3.05, 3.63) is 125 Å². The summed E-state index contributed by atoms with van der Waals surface area (Å²) < 4.78 is 2.03. The van der Waals surface area contributed by atoms with Gasteiger partial charge in [0.1, 0.15) is 5.69 Å². The molecule has 0 unspecified atom stereocenters. The van der Waals surface area contributed by atoms with Crippen molar-refractivity contribution in [1.82, 2.24) is 14.4 Å². The van der Waals surface area contributed by atoms with Crippen LogP contribution < -0.4 is 4.90 Å². The number of likely N-dealkylation sites (N-methyl/N-ethyl adjacent to an activating group) is 2. The molecule has 0 fully saturated rings. The van der Waals surface area contributed by atoms with Crippen LogP contribution in [0.2, 0.25) is 5.02 Å². The minimum atomic E-state index is -0.178. The van der Waals surface area contributed by atoms with Crippen molar-refractivity contribution < 1.29 is 9.59 Å². The minimum Gasteiger partial charge on any atom is -0.339 e. The Hall–Kier alpha value is -4.39. The number of carbonyl (C=O) groups is 2. The normalized spacial score (nSPS) is 12.6. The largest absolute Gasteiger partial charge is 0.339 e. The summed E-state index contributed by atoms with van der Waals surface area (Å²) in [4.78, 5) is 33.2. The van der Waals surface area contributed by atoms with Gasteiger partial charge in [0.15, 0.2) is 0 Å². The second kappa shape index (κ2) is 11.5. The number of benzene rings is 4. The van der Waals surface area contributed by atoms with E-state index in [0.29, 0.717) is 35.9 Å². The molecule has 1 aliphatic rings. The number of carbonyl (C=O) groups excluding carboxylic acids is 2. The molecule has 0 saturated carbocycles. The molecule has 212 valence electrons. The molecule has 0 spiro atoms. The molecule has 42 heavy (non-hydrogen) atoms. The highest BCUT2D eigenvalue weighted by Crippen LogP contribution is 2.35. The summed E-state index contributed by atoms with van der Waals surface area (Å²) in [5.74, 6) is -0.213. The summed E-state index contributed by atoms with van der Waals surface area (Å²) >= 11 is 6.84. The van der Waals surface area contributed by atoms with Crippen molar-refractivity contribution in [3.8, 4) is 11.1 Å². The number of aromatic nitrogens is 1. The number of fused-ring (bicyclic) bond motifs is 3. The lowest BCUT2D eigenvalue weighted by Gasteiger charge is -2.23. The highest BCUT2D eigenvalue weighted by Gasteiger charge is 2.29. The molecule has 1 aromatic heterocycles. The molecule has 0 radical (unpaired) electrons. The van der Waals surface area contributed by atoms with Gasteiger partial charge in [0.05, 0.1) is 23.7 Å². The molecule has 2 amide bonds. The van der Waals surface area contributed by atoms with Crippen LogP contribution in [0.5, 0.6) is 0 Å². The van der Waals surface area contributed by atoms with E-state index < -0.39 is 0 Å². The third kappa shape index (κ3) is 5.20. The second-order valence-corrected chi connectivity index (χ2v) is 11.5. The van der Waals surface area contributed by atoms with E-state index in [9.17, 15) is 9.59 Å². The fourth-order valence-corrected chi connectivity index (χ4v) is 5.91. The predicted octanol–water partition coefficient (Wildman–Crippen LogP) is 6.80. The molecule has 0 atom stereocenters. The number of nitrogens with zero attached hydrogens (tertiary/aromatic N) is 4. The summed E-state index contributed by atoms with van der Waals surface area (Å²) in [6.45, 7) is 2.23. The fraction of sp³-hybridized carbons (Fsp3) is 0.200. The minimum absolute atomic E-state index is 0.0348. The van der Waals surface area contributed by atoms with Gasteiger partial charge in [-0.25, -0.2) is 0 Å². The zero-order valence-corrected chi connectivity index (χ0v) is 24.8. The van der Waals surface area contributed by atoms with Crippen LogP contribution >= 0.6 is 11.6 Å². The van der Waals surface area contributed by atoms with E-state index in [4.69, 9.17) is 11.6 Å². The van der Waals surface area contributed by atoms with Crippen molar-refractivity contribution in [2.75, 3.05) is 39.1 Å². The number of hydrogen-bond donors (Lipinski definition) is 0. The zero-order valence-electron chi connectivity index (χ0n) is 24.0. The molecule has 7 heteroatoms. The van der Waals surface area contributed by atoms with Gasteiger partial charge in [0, 0.05) is 31.5 Å². The van der Waals surface area contributed by atoms with Crippen LogP contribution in [0.1, 0.15) is 32.1 Å². The Bertz CT molecular complexity index is 1800. The lowest BCUT2D eigenvalue weighted by molar-refractivity contribution is 0.0775. The van der Waals surface area contributed by atoms with Crippen LogP contribution in [0.15, 0.2) is 97.1 Å². The maximum absolute atomic E-state index is 14.2. The van der Waals surface area contributed by atoms with Crippen LogP contribution in [-0.2, 0) is 13.1 Å². The first kappa shape index (κ1) is 27.8. The van der Waals surface area contributed by atoms with Crippen molar-refractivity contribution in [3.63, 3.8) is 0 Å². The highest BCUT2D eigenvalue weighted by atomic mass is 35.5. The maximum Gasteiger partial charge on any atom is 0.270 e. The maximum atomic E-state index is 14.2. The van der Waals surface area contributed by atoms with Gasteiger partial charge < -0.3 is 19.3 Å². The molecule has 1 aliphatic heterocycles. The fourth-order valence-electron chi connectivity index (χ4n) is 5.65. The van der Waals surface area contributed by atoms with Gasteiger partial charge >= 0.3 is 0 Å². The molecule has 2 heterocycles. The Morgan fingerprint density at radius 2 is 1.57 bits per heavy atom. The van der Waals surface area contributed by atoms with Crippen molar-refractivity contribution in [2.45, 2.75) is 13.1 Å². The summed E-state index contributed by atoms with van der Waals surface area (Å²) in [5, 5.41) is 2.69. The first-order chi connectivity index (χ1) is 20.3. The summed E-state index contributed by atoms with van der Waals surface area (Å²) in [6.07, 6.45) is 0. The lowest BCUT2D eigenvalue weighted by atomic mass is 9.97. The van der Waals surface area contributed by atoms with Crippen LogP contribution in [0, 0.1) is 0 Å². The topological polar surface area (TPSA) is 48.8 Å². The highest BCUT2D eigenvalue weighted by molar-refractivity contribution is 6.35. The van der Waals surface area contributed by atoms with Gasteiger partial charge in [-0.1, -0.05) is 78.3 Å². The molecule has 5 aromatic rings. The molecule has 6 rings (SSSR count). The average Bonchev–Trinajstić information content (AvgIpc) is 3.31. The Morgan fingerprint density at radius 3 is 2.38 bits per heavy atom. The van der Waals surface area contributed by atoms with E-state index >= 15 is 0 Å². The van der Waals surface area contributed by atoms with Gasteiger partial charge in [-0.05, 0) is 71.9 Å². The Kier molecular flexibility index (Phi) is 7.58. The molecule has 4 aromatic carbocycles. The number of amides is 2. The van der Waals surface area contributed by atoms with E-state index in [1.54, 1.807) is 9.80 Å². The number of rotatable bonds is 6. The van der Waals surface area contributed by atoms with E-state index in [0.717, 1.165) is 45.4 Å². The molecular weight excluding hydrogens is 544 g/mol.